The molecule has 0 unspecified atom stereocenters. The number of morpholine rings is 1. The fourth-order valence-electron chi connectivity index (χ4n) is 3.16. The van der Waals surface area contributed by atoms with E-state index in [1.165, 1.54) is 11.3 Å². The predicted octanol–water partition coefficient (Wildman–Crippen LogP) is 3.34. The van der Waals surface area contributed by atoms with Crippen molar-refractivity contribution in [2.75, 3.05) is 24.5 Å². The van der Waals surface area contributed by atoms with Crippen LogP contribution in [0.2, 0.25) is 0 Å². The molecule has 1 heterocycles. The third kappa shape index (κ3) is 3.74. The lowest BCUT2D eigenvalue weighted by molar-refractivity contribution is -0.133. The monoisotopic (exact) mass is 340 g/mol. The van der Waals surface area contributed by atoms with E-state index in [2.05, 4.69) is 66.7 Å². The van der Waals surface area contributed by atoms with Gasteiger partial charge < -0.3 is 15.4 Å². The van der Waals surface area contributed by atoms with Crippen LogP contribution in [0.1, 0.15) is 33.3 Å². The van der Waals surface area contributed by atoms with Crippen LogP contribution in [0.25, 0.3) is 0 Å². The van der Waals surface area contributed by atoms with E-state index in [0.717, 1.165) is 24.0 Å². The maximum Gasteiger partial charge on any atom is 0.0808 e. The summed E-state index contributed by atoms with van der Waals surface area (Å²) in [5.74, 6) is 0. The first kappa shape index (κ1) is 15.8. The average Bonchev–Trinajstić information content (AvgIpc) is 2.27. The van der Waals surface area contributed by atoms with Crippen molar-refractivity contribution in [1.29, 1.82) is 0 Å². The number of nitrogens with zero attached hydrogens (tertiary/aromatic N) is 1. The minimum absolute atomic E-state index is 0.149. The molecule has 20 heavy (non-hydrogen) atoms. The molecule has 1 aliphatic rings. The minimum Gasteiger partial charge on any atom is -0.366 e. The van der Waals surface area contributed by atoms with Crippen LogP contribution in [0, 0.1) is 0 Å². The van der Waals surface area contributed by atoms with Crippen molar-refractivity contribution in [3.05, 3.63) is 28.2 Å². The van der Waals surface area contributed by atoms with Crippen molar-refractivity contribution in [3.63, 3.8) is 0 Å². The van der Waals surface area contributed by atoms with Crippen LogP contribution in [0.3, 0.4) is 0 Å². The first-order chi connectivity index (χ1) is 9.22. The van der Waals surface area contributed by atoms with Gasteiger partial charge in [0.1, 0.15) is 0 Å². The Morgan fingerprint density at radius 3 is 2.35 bits per heavy atom. The van der Waals surface area contributed by atoms with Gasteiger partial charge in [0.2, 0.25) is 0 Å². The summed E-state index contributed by atoms with van der Waals surface area (Å²) in [6.45, 7) is 11.1. The number of ether oxygens (including phenoxy) is 1. The first-order valence-electron chi connectivity index (χ1n) is 7.16. The third-order valence-corrected chi connectivity index (χ3v) is 3.99. The summed E-state index contributed by atoms with van der Waals surface area (Å²) >= 11 is 3.58. The lowest BCUT2D eigenvalue weighted by Crippen LogP contribution is -2.57. The zero-order chi connectivity index (χ0) is 15.0. The van der Waals surface area contributed by atoms with Gasteiger partial charge >= 0.3 is 0 Å². The molecule has 1 aromatic rings. The summed E-state index contributed by atoms with van der Waals surface area (Å²) in [5, 5.41) is 0. The van der Waals surface area contributed by atoms with E-state index in [1.807, 2.05) is 0 Å². The summed E-state index contributed by atoms with van der Waals surface area (Å²) < 4.78 is 7.27. The van der Waals surface area contributed by atoms with E-state index < -0.39 is 0 Å². The van der Waals surface area contributed by atoms with Gasteiger partial charge in [0.05, 0.1) is 11.2 Å². The standard InChI is InChI=1S/C16H25BrN2O/c1-15(2)10-19(11-16(3,4)20-15)14-9-13(17)6-5-12(14)7-8-18/h5-6,9H,7-8,10-11,18H2,1-4H3. The van der Waals surface area contributed by atoms with Crippen LogP contribution in [0.15, 0.2) is 22.7 Å². The highest BCUT2D eigenvalue weighted by molar-refractivity contribution is 9.10. The van der Waals surface area contributed by atoms with Crippen LogP contribution < -0.4 is 10.6 Å². The highest BCUT2D eigenvalue weighted by Gasteiger charge is 2.38. The van der Waals surface area contributed by atoms with Gasteiger partial charge in [-0.05, 0) is 58.4 Å². The molecule has 2 N–H and O–H groups in total. The van der Waals surface area contributed by atoms with Crippen LogP contribution in [0.5, 0.6) is 0 Å². The van der Waals surface area contributed by atoms with Crippen molar-refractivity contribution in [1.82, 2.24) is 0 Å². The summed E-state index contributed by atoms with van der Waals surface area (Å²) in [5.41, 5.74) is 8.03. The Kier molecular flexibility index (Phi) is 4.47. The molecule has 0 atom stereocenters. The lowest BCUT2D eigenvalue weighted by atomic mass is 9.97. The van der Waals surface area contributed by atoms with Crippen molar-refractivity contribution in [2.45, 2.75) is 45.3 Å². The number of nitrogens with two attached hydrogens (primary N) is 1. The predicted molar refractivity (Wildman–Crippen MR) is 88.4 cm³/mol. The fraction of sp³-hybridized carbons (Fsp3) is 0.625. The molecule has 0 saturated carbocycles. The molecule has 1 aromatic carbocycles. The van der Waals surface area contributed by atoms with Crippen LogP contribution in [0.4, 0.5) is 5.69 Å². The van der Waals surface area contributed by atoms with Gasteiger partial charge in [0.15, 0.2) is 0 Å². The molecule has 4 heteroatoms. The van der Waals surface area contributed by atoms with E-state index >= 15 is 0 Å². The zero-order valence-corrected chi connectivity index (χ0v) is 14.5. The number of hydrogen-bond donors (Lipinski definition) is 1. The number of anilines is 1. The topological polar surface area (TPSA) is 38.5 Å². The van der Waals surface area contributed by atoms with Crippen LogP contribution in [-0.4, -0.2) is 30.8 Å². The normalized spacial score (nSPS) is 21.0. The van der Waals surface area contributed by atoms with Gasteiger partial charge in [0, 0.05) is 23.2 Å². The maximum absolute atomic E-state index is 6.16. The molecule has 1 saturated heterocycles. The average molecular weight is 341 g/mol. The smallest absolute Gasteiger partial charge is 0.0808 e. The Bertz CT molecular complexity index is 469. The van der Waals surface area contributed by atoms with Crippen molar-refractivity contribution in [2.24, 2.45) is 5.73 Å². The molecule has 0 amide bonds. The van der Waals surface area contributed by atoms with Crippen LogP contribution in [-0.2, 0) is 11.2 Å². The number of halogens is 1. The summed E-state index contributed by atoms with van der Waals surface area (Å²) in [6.07, 6.45) is 0.904. The van der Waals surface area contributed by atoms with Gasteiger partial charge in [0.25, 0.3) is 0 Å². The summed E-state index contributed by atoms with van der Waals surface area (Å²) in [6, 6.07) is 6.45. The second-order valence-corrected chi connectivity index (χ2v) is 7.70. The quantitative estimate of drug-likeness (QED) is 0.916. The molecule has 1 fully saturated rings. The molecule has 0 bridgehead atoms. The molecular formula is C16H25BrN2O. The van der Waals surface area contributed by atoms with Gasteiger partial charge in [-0.1, -0.05) is 22.0 Å². The molecular weight excluding hydrogens is 316 g/mol. The minimum atomic E-state index is -0.149. The van der Waals surface area contributed by atoms with Crippen molar-refractivity contribution >= 4 is 21.6 Å². The van der Waals surface area contributed by atoms with E-state index in [1.54, 1.807) is 0 Å². The second-order valence-electron chi connectivity index (χ2n) is 6.79. The SMILES string of the molecule is CC1(C)CN(c2cc(Br)ccc2CCN)CC(C)(C)O1. The third-order valence-electron chi connectivity index (χ3n) is 3.50. The molecule has 1 aliphatic heterocycles. The second kappa shape index (κ2) is 5.66. The van der Waals surface area contributed by atoms with Crippen molar-refractivity contribution < 1.29 is 4.74 Å². The summed E-state index contributed by atoms with van der Waals surface area (Å²) in [4.78, 5) is 2.43. The zero-order valence-electron chi connectivity index (χ0n) is 12.9. The van der Waals surface area contributed by atoms with Gasteiger partial charge in [-0.2, -0.15) is 0 Å². The Morgan fingerprint density at radius 1 is 1.20 bits per heavy atom. The fourth-order valence-corrected chi connectivity index (χ4v) is 3.51. The number of rotatable bonds is 3. The largest absolute Gasteiger partial charge is 0.366 e. The van der Waals surface area contributed by atoms with Gasteiger partial charge in [-0.15, -0.1) is 0 Å². The Balaban J connectivity index is 2.36. The van der Waals surface area contributed by atoms with E-state index in [4.69, 9.17) is 10.5 Å². The number of benzene rings is 1. The first-order valence-corrected chi connectivity index (χ1v) is 7.95. The molecule has 0 aliphatic carbocycles. The van der Waals surface area contributed by atoms with Crippen molar-refractivity contribution in [3.8, 4) is 0 Å². The van der Waals surface area contributed by atoms with E-state index in [9.17, 15) is 0 Å². The van der Waals surface area contributed by atoms with E-state index in [0.29, 0.717) is 6.54 Å². The van der Waals surface area contributed by atoms with Crippen LogP contribution >= 0.6 is 15.9 Å². The molecule has 2 rings (SSSR count). The molecule has 3 nitrogen and oxygen atoms in total. The highest BCUT2D eigenvalue weighted by atomic mass is 79.9. The van der Waals surface area contributed by atoms with E-state index in [-0.39, 0.29) is 11.2 Å². The Morgan fingerprint density at radius 2 is 1.80 bits per heavy atom. The Labute approximate surface area is 130 Å². The molecule has 0 radical (unpaired) electrons. The Hall–Kier alpha value is -0.580. The van der Waals surface area contributed by atoms with Gasteiger partial charge in [-0.25, -0.2) is 0 Å². The molecule has 0 aromatic heterocycles. The maximum atomic E-state index is 6.16. The van der Waals surface area contributed by atoms with Gasteiger partial charge in [-0.3, -0.25) is 0 Å². The highest BCUT2D eigenvalue weighted by Crippen LogP contribution is 2.34. The molecule has 112 valence electrons. The summed E-state index contributed by atoms with van der Waals surface area (Å²) in [7, 11) is 0. The molecule has 0 spiro atoms. The number of hydrogen-bond acceptors (Lipinski definition) is 3. The lowest BCUT2D eigenvalue weighted by Gasteiger charge is -2.48.